The highest BCUT2D eigenvalue weighted by Gasteiger charge is 2.12. The lowest BCUT2D eigenvalue weighted by Gasteiger charge is -2.02. The summed E-state index contributed by atoms with van der Waals surface area (Å²) in [5, 5.41) is 21.7. The van der Waals surface area contributed by atoms with E-state index in [1.54, 1.807) is 19.5 Å². The third-order valence-electron chi connectivity index (χ3n) is 3.18. The molecule has 0 amide bonds. The maximum Gasteiger partial charge on any atom is 0.208 e. The number of hydrogen-bond acceptors (Lipinski definition) is 7. The first-order valence-electron chi connectivity index (χ1n) is 6.81. The Kier molecular flexibility index (Phi) is 4.23. The van der Waals surface area contributed by atoms with Crippen molar-refractivity contribution in [2.45, 2.75) is 6.54 Å². The van der Waals surface area contributed by atoms with Crippen LogP contribution in [-0.4, -0.2) is 42.4 Å². The Morgan fingerprint density at radius 1 is 1.22 bits per heavy atom. The van der Waals surface area contributed by atoms with Crippen LogP contribution in [0.25, 0.3) is 5.57 Å². The van der Waals surface area contributed by atoms with Gasteiger partial charge in [-0.05, 0) is 22.9 Å². The smallest absolute Gasteiger partial charge is 0.208 e. The van der Waals surface area contributed by atoms with Crippen LogP contribution in [0.5, 0.6) is 5.75 Å². The van der Waals surface area contributed by atoms with Gasteiger partial charge in [0.05, 0.1) is 25.5 Å². The van der Waals surface area contributed by atoms with E-state index in [4.69, 9.17) is 4.74 Å². The fourth-order valence-corrected chi connectivity index (χ4v) is 2.01. The molecule has 2 aromatic heterocycles. The van der Waals surface area contributed by atoms with Crippen LogP contribution in [0.1, 0.15) is 17.0 Å². The molecule has 1 aromatic carbocycles. The lowest BCUT2D eigenvalue weighted by molar-refractivity contribution is 0.414. The molecule has 0 unspecified atom stereocenters. The normalized spacial score (nSPS) is 11.4. The number of hydrogen-bond donors (Lipinski definition) is 1. The van der Waals surface area contributed by atoms with Gasteiger partial charge in [-0.3, -0.25) is 0 Å². The van der Waals surface area contributed by atoms with Crippen molar-refractivity contribution in [3.8, 4) is 5.75 Å². The lowest BCUT2D eigenvalue weighted by Crippen LogP contribution is -2.04. The molecule has 0 bridgehead atoms. The molecule has 23 heavy (non-hydrogen) atoms. The monoisotopic (exact) mass is 310 g/mol. The fourth-order valence-electron chi connectivity index (χ4n) is 2.01. The minimum Gasteiger partial charge on any atom is -0.515 e. The molecule has 1 N–H and O–H groups in total. The lowest BCUT2D eigenvalue weighted by atomic mass is 10.1. The molecule has 0 spiro atoms. The molecule has 8 heteroatoms. The molecular weight excluding hydrogens is 296 g/mol. The van der Waals surface area contributed by atoms with Gasteiger partial charge in [-0.15, -0.1) is 10.2 Å². The zero-order valence-electron chi connectivity index (χ0n) is 12.4. The van der Waals surface area contributed by atoms with Crippen LogP contribution in [0.3, 0.4) is 0 Å². The summed E-state index contributed by atoms with van der Waals surface area (Å²) in [5.74, 6) is 1.09. The third-order valence-corrected chi connectivity index (χ3v) is 3.18. The van der Waals surface area contributed by atoms with E-state index in [1.807, 2.05) is 24.3 Å². The zero-order valence-corrected chi connectivity index (χ0v) is 12.4. The van der Waals surface area contributed by atoms with Gasteiger partial charge in [0, 0.05) is 18.0 Å². The molecule has 0 aliphatic heterocycles. The van der Waals surface area contributed by atoms with Crippen molar-refractivity contribution < 1.29 is 9.84 Å². The molecule has 8 nitrogen and oxygen atoms in total. The van der Waals surface area contributed by atoms with Gasteiger partial charge in [0.1, 0.15) is 12.1 Å². The molecule has 0 aliphatic rings. The summed E-state index contributed by atoms with van der Waals surface area (Å²) in [5.41, 5.74) is 2.03. The summed E-state index contributed by atoms with van der Waals surface area (Å²) in [4.78, 5) is 9.27. The number of methoxy groups -OCH3 is 1. The molecule has 3 rings (SSSR count). The Hall–Kier alpha value is -3.29. The fraction of sp³-hybridized carbons (Fsp3) is 0.133. The summed E-state index contributed by atoms with van der Waals surface area (Å²) in [6.45, 7) is 0.459. The first-order chi connectivity index (χ1) is 11.3. The van der Waals surface area contributed by atoms with Crippen molar-refractivity contribution in [3.63, 3.8) is 0 Å². The van der Waals surface area contributed by atoms with Crippen molar-refractivity contribution in [1.29, 1.82) is 0 Å². The van der Waals surface area contributed by atoms with Gasteiger partial charge in [0.15, 0.2) is 0 Å². The number of aromatic nitrogens is 6. The van der Waals surface area contributed by atoms with E-state index in [2.05, 4.69) is 25.4 Å². The first-order valence-corrected chi connectivity index (χ1v) is 6.81. The maximum absolute atomic E-state index is 9.44. The predicted octanol–water partition coefficient (Wildman–Crippen LogP) is 1.47. The maximum atomic E-state index is 9.44. The summed E-state index contributed by atoms with van der Waals surface area (Å²) in [6.07, 6.45) is 5.47. The summed E-state index contributed by atoms with van der Waals surface area (Å²) >= 11 is 0. The van der Waals surface area contributed by atoms with Gasteiger partial charge in [-0.25, -0.2) is 9.97 Å². The van der Waals surface area contributed by atoms with Crippen molar-refractivity contribution >= 4 is 5.57 Å². The van der Waals surface area contributed by atoms with Gasteiger partial charge in [0.2, 0.25) is 5.82 Å². The van der Waals surface area contributed by atoms with Crippen LogP contribution in [0.2, 0.25) is 0 Å². The zero-order chi connectivity index (χ0) is 16.1. The van der Waals surface area contributed by atoms with E-state index in [9.17, 15) is 5.11 Å². The molecule has 2 heterocycles. The Morgan fingerprint density at radius 3 is 2.61 bits per heavy atom. The van der Waals surface area contributed by atoms with Crippen LogP contribution in [0.4, 0.5) is 0 Å². The van der Waals surface area contributed by atoms with Crippen molar-refractivity contribution in [1.82, 2.24) is 30.2 Å². The minimum absolute atomic E-state index is 0.302. The molecule has 3 aromatic rings. The molecule has 116 valence electrons. The van der Waals surface area contributed by atoms with Gasteiger partial charge in [0.25, 0.3) is 0 Å². The molecule has 0 fully saturated rings. The molecular formula is C15H14N6O2. The van der Waals surface area contributed by atoms with E-state index in [-0.39, 0.29) is 0 Å². The van der Waals surface area contributed by atoms with Crippen LogP contribution in [-0.2, 0) is 6.54 Å². The van der Waals surface area contributed by atoms with Gasteiger partial charge in [-0.1, -0.05) is 12.1 Å². The number of aliphatic hydroxyl groups excluding tert-OH is 1. The van der Waals surface area contributed by atoms with Gasteiger partial charge < -0.3 is 9.84 Å². The van der Waals surface area contributed by atoms with Crippen LogP contribution in [0.15, 0.2) is 49.2 Å². The van der Waals surface area contributed by atoms with E-state index in [0.29, 0.717) is 23.5 Å². The first kappa shape index (κ1) is 14.6. The van der Waals surface area contributed by atoms with Crippen LogP contribution < -0.4 is 4.74 Å². The largest absolute Gasteiger partial charge is 0.515 e. The van der Waals surface area contributed by atoms with Crippen LogP contribution >= 0.6 is 0 Å². The molecule has 0 aliphatic carbocycles. The van der Waals surface area contributed by atoms with Crippen molar-refractivity contribution in [2.24, 2.45) is 0 Å². The third kappa shape index (κ3) is 3.31. The summed E-state index contributed by atoms with van der Waals surface area (Å²) in [6, 6.07) is 7.59. The molecule has 0 saturated heterocycles. The number of benzene rings is 1. The van der Waals surface area contributed by atoms with Crippen molar-refractivity contribution in [3.05, 3.63) is 66.2 Å². The Balaban J connectivity index is 1.79. The number of tetrazole rings is 1. The second-order valence-corrected chi connectivity index (χ2v) is 4.66. The van der Waals surface area contributed by atoms with E-state index in [0.717, 1.165) is 17.6 Å². The standard InChI is InChI=1S/C15H14N6O2/c1-23-13-4-2-11(3-5-13)8-21-19-15(18-20-21)14(9-22)12-6-16-10-17-7-12/h2-7,9-10,22H,8H2,1H3/b14-9-. The van der Waals surface area contributed by atoms with Gasteiger partial charge >= 0.3 is 0 Å². The predicted molar refractivity (Wildman–Crippen MR) is 81.7 cm³/mol. The highest BCUT2D eigenvalue weighted by atomic mass is 16.5. The number of rotatable bonds is 5. The SMILES string of the molecule is COc1ccc(Cn2nnc(/C(=C\O)c3cncnc3)n2)cc1. The minimum atomic E-state index is 0.302. The Bertz CT molecular complexity index is 798. The molecule has 0 saturated carbocycles. The van der Waals surface area contributed by atoms with E-state index < -0.39 is 0 Å². The van der Waals surface area contributed by atoms with Gasteiger partial charge in [-0.2, -0.15) is 4.80 Å². The van der Waals surface area contributed by atoms with E-state index >= 15 is 0 Å². The quantitative estimate of drug-likeness (QED) is 0.712. The van der Waals surface area contributed by atoms with Crippen LogP contribution in [0, 0.1) is 0 Å². The highest BCUT2D eigenvalue weighted by molar-refractivity contribution is 5.73. The Labute approximate surface area is 132 Å². The highest BCUT2D eigenvalue weighted by Crippen LogP contribution is 2.17. The second kappa shape index (κ2) is 6.65. The molecule has 0 atom stereocenters. The topological polar surface area (TPSA) is 98.8 Å². The summed E-state index contributed by atoms with van der Waals surface area (Å²) < 4.78 is 5.12. The number of aliphatic hydroxyl groups is 1. The number of ether oxygens (including phenoxy) is 1. The second-order valence-electron chi connectivity index (χ2n) is 4.66. The Morgan fingerprint density at radius 2 is 1.96 bits per heavy atom. The summed E-state index contributed by atoms with van der Waals surface area (Å²) in [7, 11) is 1.62. The average Bonchev–Trinajstić information content (AvgIpc) is 3.05. The average molecular weight is 310 g/mol. The van der Waals surface area contributed by atoms with Crippen molar-refractivity contribution in [2.75, 3.05) is 7.11 Å². The van der Waals surface area contributed by atoms with E-state index in [1.165, 1.54) is 11.1 Å². The number of nitrogens with zero attached hydrogens (tertiary/aromatic N) is 6. The molecule has 0 radical (unpaired) electrons.